The molecule has 17 heavy (non-hydrogen) atoms. The van der Waals surface area contributed by atoms with Crippen molar-refractivity contribution in [2.75, 3.05) is 33.4 Å². The van der Waals surface area contributed by atoms with Gasteiger partial charge < -0.3 is 14.4 Å². The van der Waals surface area contributed by atoms with Gasteiger partial charge in [-0.15, -0.1) is 0 Å². The highest BCUT2D eigenvalue weighted by Crippen LogP contribution is 2.29. The monoisotopic (exact) mass is 239 g/mol. The lowest BCUT2D eigenvalue weighted by molar-refractivity contribution is -0.117. The number of hydrogen-bond acceptors (Lipinski definition) is 3. The molecule has 0 radical (unpaired) electrons. The second-order valence-electron chi connectivity index (χ2n) is 5.98. The molecule has 2 aliphatic rings. The van der Waals surface area contributed by atoms with E-state index in [-0.39, 0.29) is 5.41 Å². The van der Waals surface area contributed by atoms with E-state index in [9.17, 15) is 4.79 Å². The van der Waals surface area contributed by atoms with Crippen molar-refractivity contribution >= 4 is 6.29 Å². The summed E-state index contributed by atoms with van der Waals surface area (Å²) >= 11 is 0. The molecule has 0 aromatic carbocycles. The van der Waals surface area contributed by atoms with Crippen LogP contribution in [-0.2, 0) is 9.53 Å². The topological polar surface area (TPSA) is 29.5 Å². The molecule has 3 nitrogen and oxygen atoms in total. The van der Waals surface area contributed by atoms with E-state index >= 15 is 0 Å². The van der Waals surface area contributed by atoms with Gasteiger partial charge in [-0.05, 0) is 32.2 Å². The minimum atomic E-state index is -0.219. The predicted octanol–water partition coefficient (Wildman–Crippen LogP) is 2.10. The van der Waals surface area contributed by atoms with Crippen molar-refractivity contribution in [3.05, 3.63) is 0 Å². The molecule has 0 N–H and O–H groups in total. The first-order valence-electron chi connectivity index (χ1n) is 6.97. The Bertz CT molecular complexity index is 243. The number of hydrogen-bond donors (Lipinski definition) is 0. The summed E-state index contributed by atoms with van der Waals surface area (Å²) in [5.41, 5.74) is -0.219. The van der Waals surface area contributed by atoms with E-state index in [1.807, 2.05) is 0 Å². The third-order valence-corrected chi connectivity index (χ3v) is 4.26. The lowest BCUT2D eigenvalue weighted by Crippen LogP contribution is -2.39. The summed E-state index contributed by atoms with van der Waals surface area (Å²) < 4.78 is 5.38. The van der Waals surface area contributed by atoms with E-state index < -0.39 is 0 Å². The van der Waals surface area contributed by atoms with Crippen LogP contribution in [0.15, 0.2) is 0 Å². The van der Waals surface area contributed by atoms with Crippen LogP contribution in [0.5, 0.6) is 0 Å². The Kier molecular flexibility index (Phi) is 4.57. The molecule has 1 saturated heterocycles. The van der Waals surface area contributed by atoms with Crippen molar-refractivity contribution in [2.45, 2.75) is 38.5 Å². The second-order valence-corrected chi connectivity index (χ2v) is 5.98. The highest BCUT2D eigenvalue weighted by atomic mass is 16.5. The van der Waals surface area contributed by atoms with E-state index in [0.717, 1.165) is 38.3 Å². The molecular formula is C14H25NO2. The standard InChI is InChI=1S/C14H25NO2/c1-15(9-13-5-3-2-4-6-13)10-14(11-16)7-8-17-12-14/h11,13H,2-10,12H2,1H3. The Labute approximate surface area is 105 Å². The molecule has 1 heterocycles. The summed E-state index contributed by atoms with van der Waals surface area (Å²) in [5, 5.41) is 0. The van der Waals surface area contributed by atoms with Crippen LogP contribution in [0.25, 0.3) is 0 Å². The van der Waals surface area contributed by atoms with Crippen LogP contribution in [0.2, 0.25) is 0 Å². The van der Waals surface area contributed by atoms with Crippen LogP contribution >= 0.6 is 0 Å². The van der Waals surface area contributed by atoms with Crippen molar-refractivity contribution in [3.8, 4) is 0 Å². The van der Waals surface area contributed by atoms with Crippen molar-refractivity contribution < 1.29 is 9.53 Å². The van der Waals surface area contributed by atoms with Gasteiger partial charge in [0.1, 0.15) is 6.29 Å². The third kappa shape index (κ3) is 3.52. The molecule has 0 bridgehead atoms. The first-order chi connectivity index (χ1) is 8.24. The Morgan fingerprint density at radius 3 is 2.71 bits per heavy atom. The number of ether oxygens (including phenoxy) is 1. The van der Waals surface area contributed by atoms with Gasteiger partial charge in [0, 0.05) is 19.7 Å². The quantitative estimate of drug-likeness (QED) is 0.688. The molecule has 0 aromatic heterocycles. The van der Waals surface area contributed by atoms with Crippen LogP contribution in [-0.4, -0.2) is 44.5 Å². The summed E-state index contributed by atoms with van der Waals surface area (Å²) in [5.74, 6) is 0.847. The number of carbonyl (C=O) groups excluding carboxylic acids is 1. The van der Waals surface area contributed by atoms with Gasteiger partial charge in [0.05, 0.1) is 12.0 Å². The molecule has 0 spiro atoms. The molecule has 98 valence electrons. The molecule has 2 rings (SSSR count). The van der Waals surface area contributed by atoms with Crippen LogP contribution in [0.1, 0.15) is 38.5 Å². The Morgan fingerprint density at radius 1 is 1.35 bits per heavy atom. The molecule has 3 heteroatoms. The highest BCUT2D eigenvalue weighted by molar-refractivity contribution is 5.60. The van der Waals surface area contributed by atoms with E-state index in [1.54, 1.807) is 0 Å². The van der Waals surface area contributed by atoms with Gasteiger partial charge in [-0.2, -0.15) is 0 Å². The summed E-state index contributed by atoms with van der Waals surface area (Å²) in [6.45, 7) is 3.38. The van der Waals surface area contributed by atoms with Gasteiger partial charge in [-0.1, -0.05) is 19.3 Å². The number of nitrogens with zero attached hydrogens (tertiary/aromatic N) is 1. The summed E-state index contributed by atoms with van der Waals surface area (Å²) in [7, 11) is 2.15. The summed E-state index contributed by atoms with van der Waals surface area (Å²) in [6, 6.07) is 0. The Morgan fingerprint density at radius 2 is 2.12 bits per heavy atom. The average Bonchev–Trinajstić information content (AvgIpc) is 2.79. The maximum absolute atomic E-state index is 11.3. The molecule has 1 unspecified atom stereocenters. The Hall–Kier alpha value is -0.410. The zero-order valence-corrected chi connectivity index (χ0v) is 11.0. The van der Waals surface area contributed by atoms with E-state index in [0.29, 0.717) is 6.61 Å². The van der Waals surface area contributed by atoms with Gasteiger partial charge in [-0.3, -0.25) is 0 Å². The largest absolute Gasteiger partial charge is 0.380 e. The normalized spacial score (nSPS) is 30.9. The van der Waals surface area contributed by atoms with Crippen LogP contribution in [0.4, 0.5) is 0 Å². The third-order valence-electron chi connectivity index (χ3n) is 4.26. The van der Waals surface area contributed by atoms with Crippen LogP contribution in [0.3, 0.4) is 0 Å². The number of rotatable bonds is 5. The molecule has 0 amide bonds. The summed E-state index contributed by atoms with van der Waals surface area (Å²) in [4.78, 5) is 13.6. The average molecular weight is 239 g/mol. The maximum atomic E-state index is 11.3. The smallest absolute Gasteiger partial charge is 0.129 e. The first-order valence-corrected chi connectivity index (χ1v) is 6.97. The predicted molar refractivity (Wildman–Crippen MR) is 68.0 cm³/mol. The van der Waals surface area contributed by atoms with Crippen molar-refractivity contribution in [2.24, 2.45) is 11.3 Å². The molecule has 2 fully saturated rings. The van der Waals surface area contributed by atoms with Gasteiger partial charge >= 0.3 is 0 Å². The zero-order valence-electron chi connectivity index (χ0n) is 11.0. The van der Waals surface area contributed by atoms with E-state index in [2.05, 4.69) is 11.9 Å². The minimum Gasteiger partial charge on any atom is -0.380 e. The fourth-order valence-corrected chi connectivity index (χ4v) is 3.29. The first kappa shape index (κ1) is 13.0. The lowest BCUT2D eigenvalue weighted by Gasteiger charge is -2.31. The molecule has 1 atom stereocenters. The summed E-state index contributed by atoms with van der Waals surface area (Å²) in [6.07, 6.45) is 8.94. The van der Waals surface area contributed by atoms with Crippen molar-refractivity contribution in [3.63, 3.8) is 0 Å². The molecule has 0 aromatic rings. The fraction of sp³-hybridized carbons (Fsp3) is 0.929. The van der Waals surface area contributed by atoms with Gasteiger partial charge in [0.25, 0.3) is 0 Å². The van der Waals surface area contributed by atoms with Crippen LogP contribution < -0.4 is 0 Å². The Balaban J connectivity index is 1.79. The van der Waals surface area contributed by atoms with E-state index in [1.165, 1.54) is 32.1 Å². The lowest BCUT2D eigenvalue weighted by atomic mass is 9.86. The van der Waals surface area contributed by atoms with Gasteiger partial charge in [0.15, 0.2) is 0 Å². The second kappa shape index (κ2) is 5.96. The molecule has 1 aliphatic carbocycles. The van der Waals surface area contributed by atoms with Crippen molar-refractivity contribution in [1.82, 2.24) is 4.90 Å². The molecule has 1 aliphatic heterocycles. The SMILES string of the molecule is CN(CC1CCCCC1)CC1(C=O)CCOC1. The van der Waals surface area contributed by atoms with E-state index in [4.69, 9.17) is 4.74 Å². The fourth-order valence-electron chi connectivity index (χ4n) is 3.29. The number of carbonyl (C=O) groups is 1. The zero-order chi connectivity index (χ0) is 12.1. The minimum absolute atomic E-state index is 0.219. The van der Waals surface area contributed by atoms with Crippen molar-refractivity contribution in [1.29, 1.82) is 0 Å². The molecular weight excluding hydrogens is 214 g/mol. The van der Waals surface area contributed by atoms with Crippen LogP contribution in [0, 0.1) is 11.3 Å². The maximum Gasteiger partial charge on any atom is 0.129 e. The highest BCUT2D eigenvalue weighted by Gasteiger charge is 2.36. The molecule has 1 saturated carbocycles. The van der Waals surface area contributed by atoms with Gasteiger partial charge in [0.2, 0.25) is 0 Å². The number of aldehydes is 1. The van der Waals surface area contributed by atoms with Gasteiger partial charge in [-0.25, -0.2) is 0 Å².